The number of carboxylic acid groups (broad SMARTS) is 1. The van der Waals surface area contributed by atoms with Crippen LogP contribution in [0.4, 0.5) is 0 Å². The van der Waals surface area contributed by atoms with E-state index in [-0.39, 0.29) is 61.1 Å². The van der Waals surface area contributed by atoms with E-state index < -0.39 is 65.3 Å². The van der Waals surface area contributed by atoms with Crippen molar-refractivity contribution in [2.24, 2.45) is 28.6 Å². The number of carbonyl (C=O) groups is 6. The van der Waals surface area contributed by atoms with Crippen LogP contribution in [0.3, 0.4) is 0 Å². The number of rotatable bonds is 13. The molecule has 3 saturated carbocycles. The molecule has 4 aliphatic rings. The predicted molar refractivity (Wildman–Crippen MR) is 165 cm³/mol. The maximum atomic E-state index is 13.5. The van der Waals surface area contributed by atoms with Gasteiger partial charge in [0.1, 0.15) is 17.7 Å². The van der Waals surface area contributed by atoms with Crippen molar-refractivity contribution in [2.45, 2.75) is 129 Å². The molecule has 0 aromatic rings. The molecule has 0 heterocycles. The molecule has 0 aliphatic heterocycles. The van der Waals surface area contributed by atoms with E-state index in [1.54, 1.807) is 6.08 Å². The highest BCUT2D eigenvalue weighted by atomic mass is 16.5. The number of ketones is 2. The van der Waals surface area contributed by atoms with Gasteiger partial charge in [-0.1, -0.05) is 39.2 Å². The van der Waals surface area contributed by atoms with E-state index >= 15 is 0 Å². The van der Waals surface area contributed by atoms with Crippen LogP contribution < -0.4 is 10.6 Å². The minimum absolute atomic E-state index is 0.0122. The maximum Gasteiger partial charge on any atom is 0.326 e. The Morgan fingerprint density at radius 1 is 1.07 bits per heavy atom. The number of amides is 2. The van der Waals surface area contributed by atoms with Crippen molar-refractivity contribution in [3.8, 4) is 0 Å². The van der Waals surface area contributed by atoms with Gasteiger partial charge in [0.2, 0.25) is 17.6 Å². The summed E-state index contributed by atoms with van der Waals surface area (Å²) >= 11 is 0. The minimum Gasteiger partial charge on any atom is -0.480 e. The molecule has 0 aromatic carbocycles. The fourth-order valence-corrected chi connectivity index (χ4v) is 9.04. The maximum absolute atomic E-state index is 13.5. The number of hydrogen-bond donors (Lipinski definition) is 5. The van der Waals surface area contributed by atoms with Gasteiger partial charge in [-0.3, -0.25) is 24.0 Å². The summed E-state index contributed by atoms with van der Waals surface area (Å²) in [6.45, 7) is 6.63. The Morgan fingerprint density at radius 2 is 1.78 bits per heavy atom. The Morgan fingerprint density at radius 3 is 2.46 bits per heavy atom. The van der Waals surface area contributed by atoms with Gasteiger partial charge >= 0.3 is 11.9 Å². The van der Waals surface area contributed by atoms with Crippen molar-refractivity contribution in [1.29, 1.82) is 0 Å². The van der Waals surface area contributed by atoms with E-state index in [4.69, 9.17) is 4.74 Å². The smallest absolute Gasteiger partial charge is 0.326 e. The molecule has 0 aromatic heterocycles. The van der Waals surface area contributed by atoms with Crippen molar-refractivity contribution in [3.63, 3.8) is 0 Å². The molecule has 3 fully saturated rings. The lowest BCUT2D eigenvalue weighted by Gasteiger charge is -2.60. The Hall–Kier alpha value is -3.12. The van der Waals surface area contributed by atoms with Crippen LogP contribution in [0.25, 0.3) is 0 Å². The minimum atomic E-state index is -1.78. The summed E-state index contributed by atoms with van der Waals surface area (Å²) < 4.78 is 5.18. The van der Waals surface area contributed by atoms with Gasteiger partial charge in [-0.2, -0.15) is 0 Å². The highest BCUT2D eigenvalue weighted by molar-refractivity contribution is 5.93. The lowest BCUT2D eigenvalue weighted by atomic mass is 9.45. The Labute approximate surface area is 270 Å². The summed E-state index contributed by atoms with van der Waals surface area (Å²) in [7, 11) is 0. The lowest BCUT2D eigenvalue weighted by molar-refractivity contribution is -0.184. The van der Waals surface area contributed by atoms with Gasteiger partial charge in [-0.25, -0.2) is 4.79 Å². The zero-order valence-corrected chi connectivity index (χ0v) is 27.4. The summed E-state index contributed by atoms with van der Waals surface area (Å²) in [6.07, 6.45) is 5.66. The SMILES string of the molecule is CCCCC(NC(=O)C(C)NC(=O)CCC(=O)OCC(=O)[C@@]1(O)CCC2C3CCC4=CC(=O)CCC4(C)C3C(O)CC21C)C(=O)O. The monoisotopic (exact) mass is 646 g/mol. The molecule has 5 N–H and O–H groups in total. The van der Waals surface area contributed by atoms with Crippen LogP contribution in [0.15, 0.2) is 11.6 Å². The van der Waals surface area contributed by atoms with Crippen molar-refractivity contribution in [2.75, 3.05) is 6.61 Å². The van der Waals surface area contributed by atoms with Crippen molar-refractivity contribution in [1.82, 2.24) is 10.6 Å². The second-order valence-electron chi connectivity index (χ2n) is 14.4. The molecule has 0 spiro atoms. The molecule has 9 atom stereocenters. The first-order valence-corrected chi connectivity index (χ1v) is 16.7. The normalized spacial score (nSPS) is 34.6. The molecule has 0 bridgehead atoms. The van der Waals surface area contributed by atoms with Gasteiger partial charge in [-0.15, -0.1) is 0 Å². The van der Waals surface area contributed by atoms with Crippen LogP contribution in [-0.2, 0) is 33.5 Å². The highest BCUT2D eigenvalue weighted by Gasteiger charge is 2.68. The zero-order valence-electron chi connectivity index (χ0n) is 27.4. The summed E-state index contributed by atoms with van der Waals surface area (Å²) in [5.41, 5.74) is -1.88. The van der Waals surface area contributed by atoms with Crippen LogP contribution in [0.2, 0.25) is 0 Å². The van der Waals surface area contributed by atoms with Crippen LogP contribution in [0.5, 0.6) is 0 Å². The van der Waals surface area contributed by atoms with E-state index in [1.165, 1.54) is 6.92 Å². The van der Waals surface area contributed by atoms with E-state index in [1.807, 2.05) is 13.8 Å². The molecule has 0 saturated heterocycles. The number of aliphatic hydroxyl groups excluding tert-OH is 1. The van der Waals surface area contributed by atoms with E-state index in [2.05, 4.69) is 17.6 Å². The number of nitrogens with one attached hydrogen (secondary N) is 2. The predicted octanol–water partition coefficient (Wildman–Crippen LogP) is 2.38. The van der Waals surface area contributed by atoms with Gasteiger partial charge < -0.3 is 30.7 Å². The molecular weight excluding hydrogens is 596 g/mol. The van der Waals surface area contributed by atoms with Crippen LogP contribution in [0.1, 0.15) is 105 Å². The van der Waals surface area contributed by atoms with Crippen LogP contribution in [-0.4, -0.2) is 81.0 Å². The van der Waals surface area contributed by atoms with Crippen LogP contribution >= 0.6 is 0 Å². The highest BCUT2D eigenvalue weighted by Crippen LogP contribution is 2.67. The number of fused-ring (bicyclic) bond motifs is 5. The number of carbonyl (C=O) groups excluding carboxylic acids is 5. The number of allylic oxidation sites excluding steroid dienone is 1. The summed E-state index contributed by atoms with van der Waals surface area (Å²) in [6, 6.07) is -2.09. The van der Waals surface area contributed by atoms with E-state index in [9.17, 15) is 44.1 Å². The second-order valence-corrected chi connectivity index (χ2v) is 14.4. The average molecular weight is 647 g/mol. The average Bonchev–Trinajstić information content (AvgIpc) is 3.27. The zero-order chi connectivity index (χ0) is 34.0. The van der Waals surface area contributed by atoms with Crippen molar-refractivity contribution < 1.29 is 48.8 Å². The number of ether oxygens (including phenoxy) is 1. The number of carboxylic acids is 1. The standard InChI is InChI=1S/C34H50N2O10/c1-5-6-7-24(31(43)44)36-30(42)19(2)35-27(40)10-11-28(41)46-18-26(39)34(45)15-13-23-22-9-8-20-16-21(37)12-14-32(20,3)29(22)25(38)17-33(23,34)4/h16,19,22-25,29,38,45H,5-15,17-18H2,1-4H3,(H,35,40)(H,36,42)(H,43,44)/t19?,22?,23?,24?,25?,29?,32?,33?,34-/m0/s1. The first-order valence-electron chi connectivity index (χ1n) is 16.7. The largest absolute Gasteiger partial charge is 0.480 e. The molecule has 256 valence electrons. The van der Waals surface area contributed by atoms with Gasteiger partial charge in [0.05, 0.1) is 12.5 Å². The van der Waals surface area contributed by atoms with Gasteiger partial charge in [0.15, 0.2) is 12.4 Å². The molecule has 12 nitrogen and oxygen atoms in total. The summed E-state index contributed by atoms with van der Waals surface area (Å²) in [5, 5.41) is 37.5. The molecule has 12 heteroatoms. The fraction of sp³-hybridized carbons (Fsp3) is 0.765. The number of unbranched alkanes of at least 4 members (excludes halogenated alkanes) is 1. The van der Waals surface area contributed by atoms with Gasteiger partial charge in [0.25, 0.3) is 0 Å². The number of aliphatic carboxylic acids is 1. The quantitative estimate of drug-likeness (QED) is 0.185. The number of Topliss-reactive ketones (excluding diaryl/α,β-unsaturated/α-hetero) is 1. The summed E-state index contributed by atoms with van der Waals surface area (Å²) in [4.78, 5) is 74.2. The third-order valence-corrected chi connectivity index (χ3v) is 11.7. The van der Waals surface area contributed by atoms with Crippen LogP contribution in [0, 0.1) is 28.6 Å². The molecule has 0 radical (unpaired) electrons. The molecule has 8 unspecified atom stereocenters. The summed E-state index contributed by atoms with van der Waals surface area (Å²) in [5.74, 6) is -3.75. The Kier molecular flexibility index (Phi) is 10.8. The molecule has 4 aliphatic carbocycles. The van der Waals surface area contributed by atoms with E-state index in [0.717, 1.165) is 24.8 Å². The van der Waals surface area contributed by atoms with Crippen molar-refractivity contribution in [3.05, 3.63) is 11.6 Å². The fourth-order valence-electron chi connectivity index (χ4n) is 9.04. The topological polar surface area (TPSA) is 196 Å². The van der Waals surface area contributed by atoms with Crippen molar-refractivity contribution >= 4 is 35.3 Å². The third kappa shape index (κ3) is 6.79. The molecule has 46 heavy (non-hydrogen) atoms. The lowest BCUT2D eigenvalue weighted by Crippen LogP contribution is -2.62. The number of aliphatic hydroxyl groups is 2. The number of esters is 1. The second kappa shape index (κ2) is 13.9. The van der Waals surface area contributed by atoms with Gasteiger partial charge in [-0.05, 0) is 81.1 Å². The first kappa shape index (κ1) is 35.7. The Balaban J connectivity index is 1.28. The number of hydrogen-bond acceptors (Lipinski definition) is 9. The first-order chi connectivity index (χ1) is 21.6. The van der Waals surface area contributed by atoms with E-state index in [0.29, 0.717) is 25.7 Å². The van der Waals surface area contributed by atoms with Gasteiger partial charge in [0, 0.05) is 18.3 Å². The molecular formula is C34H50N2O10. The Bertz CT molecular complexity index is 1280. The third-order valence-electron chi connectivity index (χ3n) is 11.7. The molecule has 2 amide bonds. The molecule has 4 rings (SSSR count).